The van der Waals surface area contributed by atoms with Crippen molar-refractivity contribution >= 4 is 0 Å². The zero-order valence-corrected chi connectivity index (χ0v) is 14.3. The molecule has 2 fully saturated rings. The summed E-state index contributed by atoms with van der Waals surface area (Å²) < 4.78 is 0. The molecule has 2 rings (SSSR count). The molecule has 1 heterocycles. The Bertz CT molecular complexity index is 303. The molecule has 20 heavy (non-hydrogen) atoms. The lowest BCUT2D eigenvalue weighted by Crippen LogP contribution is -2.64. The van der Waals surface area contributed by atoms with Crippen LogP contribution < -0.4 is 5.73 Å². The topological polar surface area (TPSA) is 32.5 Å². The molecule has 0 aromatic rings. The van der Waals surface area contributed by atoms with Crippen LogP contribution in [0.1, 0.15) is 53.9 Å². The maximum atomic E-state index is 6.26. The molecular formula is C17H35N3. The van der Waals surface area contributed by atoms with Crippen molar-refractivity contribution in [3.05, 3.63) is 0 Å². The number of hydrogen-bond acceptors (Lipinski definition) is 3. The van der Waals surface area contributed by atoms with Crippen molar-refractivity contribution in [3.63, 3.8) is 0 Å². The monoisotopic (exact) mass is 281 g/mol. The highest BCUT2D eigenvalue weighted by Gasteiger charge is 2.43. The van der Waals surface area contributed by atoms with Crippen molar-refractivity contribution in [2.24, 2.45) is 17.6 Å². The van der Waals surface area contributed by atoms with Gasteiger partial charge in [0.05, 0.1) is 0 Å². The van der Waals surface area contributed by atoms with Gasteiger partial charge in [0.1, 0.15) is 0 Å². The van der Waals surface area contributed by atoms with Crippen molar-refractivity contribution in [1.82, 2.24) is 9.80 Å². The predicted octanol–water partition coefficient (Wildman–Crippen LogP) is 2.56. The summed E-state index contributed by atoms with van der Waals surface area (Å²) >= 11 is 0. The SMILES string of the molecule is CC1CC(C)CC(CN)(N2CCN(C(C)(C)C)CC2)C1. The molecule has 0 aromatic carbocycles. The van der Waals surface area contributed by atoms with Gasteiger partial charge >= 0.3 is 0 Å². The smallest absolute Gasteiger partial charge is 0.0337 e. The molecule has 0 amide bonds. The Morgan fingerprint density at radius 3 is 1.90 bits per heavy atom. The quantitative estimate of drug-likeness (QED) is 0.844. The fourth-order valence-electron chi connectivity index (χ4n) is 4.64. The third-order valence-electron chi connectivity index (χ3n) is 5.54. The second kappa shape index (κ2) is 5.94. The van der Waals surface area contributed by atoms with Crippen LogP contribution in [-0.2, 0) is 0 Å². The maximum Gasteiger partial charge on any atom is 0.0337 e. The summed E-state index contributed by atoms with van der Waals surface area (Å²) in [6.07, 6.45) is 3.97. The highest BCUT2D eigenvalue weighted by molar-refractivity contribution is 4.99. The van der Waals surface area contributed by atoms with Crippen molar-refractivity contribution in [2.45, 2.75) is 65.0 Å². The average Bonchev–Trinajstić information content (AvgIpc) is 2.36. The molecule has 0 radical (unpaired) electrons. The lowest BCUT2D eigenvalue weighted by atomic mass is 9.70. The van der Waals surface area contributed by atoms with E-state index >= 15 is 0 Å². The van der Waals surface area contributed by atoms with E-state index in [1.54, 1.807) is 0 Å². The van der Waals surface area contributed by atoms with Crippen molar-refractivity contribution in [3.8, 4) is 0 Å². The van der Waals surface area contributed by atoms with Crippen LogP contribution in [0.25, 0.3) is 0 Å². The van der Waals surface area contributed by atoms with Crippen LogP contribution in [0.3, 0.4) is 0 Å². The lowest BCUT2D eigenvalue weighted by Gasteiger charge is -2.53. The van der Waals surface area contributed by atoms with E-state index in [0.717, 1.165) is 18.4 Å². The number of hydrogen-bond donors (Lipinski definition) is 1. The summed E-state index contributed by atoms with van der Waals surface area (Å²) in [4.78, 5) is 5.34. The van der Waals surface area contributed by atoms with Crippen LogP contribution >= 0.6 is 0 Å². The van der Waals surface area contributed by atoms with Crippen LogP contribution in [0.5, 0.6) is 0 Å². The highest BCUT2D eigenvalue weighted by atomic mass is 15.3. The summed E-state index contributed by atoms with van der Waals surface area (Å²) in [5.41, 5.74) is 6.84. The summed E-state index contributed by atoms with van der Waals surface area (Å²) in [5.74, 6) is 1.64. The molecule has 3 heteroatoms. The van der Waals surface area contributed by atoms with E-state index in [4.69, 9.17) is 5.73 Å². The second-order valence-corrected chi connectivity index (χ2v) is 8.43. The fraction of sp³-hybridized carbons (Fsp3) is 1.00. The summed E-state index contributed by atoms with van der Waals surface area (Å²) in [6, 6.07) is 0. The van der Waals surface area contributed by atoms with Gasteiger partial charge < -0.3 is 5.73 Å². The Labute approximate surface area is 125 Å². The molecule has 1 aliphatic heterocycles. The highest BCUT2D eigenvalue weighted by Crippen LogP contribution is 2.40. The third-order valence-corrected chi connectivity index (χ3v) is 5.54. The molecule has 118 valence electrons. The van der Waals surface area contributed by atoms with Gasteiger partial charge in [-0.3, -0.25) is 9.80 Å². The normalized spacial score (nSPS) is 38.1. The van der Waals surface area contributed by atoms with Crippen molar-refractivity contribution in [1.29, 1.82) is 0 Å². The van der Waals surface area contributed by atoms with E-state index in [-0.39, 0.29) is 5.54 Å². The van der Waals surface area contributed by atoms with Crippen LogP contribution in [-0.4, -0.2) is 53.6 Å². The van der Waals surface area contributed by atoms with Gasteiger partial charge in [-0.1, -0.05) is 13.8 Å². The number of rotatable bonds is 2. The Hall–Kier alpha value is -0.120. The van der Waals surface area contributed by atoms with Crippen LogP contribution in [0.15, 0.2) is 0 Å². The Morgan fingerprint density at radius 2 is 1.50 bits per heavy atom. The zero-order chi connectivity index (χ0) is 15.0. The Balaban J connectivity index is 2.03. The molecule has 0 bridgehead atoms. The Morgan fingerprint density at radius 1 is 1.00 bits per heavy atom. The third kappa shape index (κ3) is 3.37. The number of nitrogens with two attached hydrogens (primary N) is 1. The average molecular weight is 281 g/mol. The molecule has 2 unspecified atom stereocenters. The molecule has 1 aliphatic carbocycles. The molecular weight excluding hydrogens is 246 g/mol. The summed E-state index contributed by atoms with van der Waals surface area (Å²) in [7, 11) is 0. The van der Waals surface area contributed by atoms with Gasteiger partial charge in [-0.2, -0.15) is 0 Å². The molecule has 2 atom stereocenters. The molecule has 0 spiro atoms. The van der Waals surface area contributed by atoms with E-state index in [1.807, 2.05) is 0 Å². The van der Waals surface area contributed by atoms with E-state index in [1.165, 1.54) is 45.4 Å². The minimum Gasteiger partial charge on any atom is -0.329 e. The van der Waals surface area contributed by atoms with Crippen molar-refractivity contribution in [2.75, 3.05) is 32.7 Å². The summed E-state index contributed by atoms with van der Waals surface area (Å²) in [5, 5.41) is 0. The van der Waals surface area contributed by atoms with E-state index in [0.29, 0.717) is 5.54 Å². The van der Waals surface area contributed by atoms with E-state index < -0.39 is 0 Å². The molecule has 1 saturated heterocycles. The lowest BCUT2D eigenvalue weighted by molar-refractivity contribution is -0.0307. The number of piperazine rings is 1. The van der Waals surface area contributed by atoms with Gasteiger partial charge in [0.2, 0.25) is 0 Å². The van der Waals surface area contributed by atoms with Gasteiger partial charge in [0.15, 0.2) is 0 Å². The number of nitrogens with zero attached hydrogens (tertiary/aromatic N) is 2. The first-order valence-electron chi connectivity index (χ1n) is 8.47. The molecule has 3 nitrogen and oxygen atoms in total. The largest absolute Gasteiger partial charge is 0.329 e. The van der Waals surface area contributed by atoms with Gasteiger partial charge in [0, 0.05) is 43.8 Å². The van der Waals surface area contributed by atoms with Crippen LogP contribution in [0.4, 0.5) is 0 Å². The van der Waals surface area contributed by atoms with Gasteiger partial charge in [-0.05, 0) is 51.9 Å². The van der Waals surface area contributed by atoms with Crippen LogP contribution in [0, 0.1) is 11.8 Å². The van der Waals surface area contributed by atoms with E-state index in [2.05, 4.69) is 44.4 Å². The zero-order valence-electron chi connectivity index (χ0n) is 14.3. The second-order valence-electron chi connectivity index (χ2n) is 8.43. The van der Waals surface area contributed by atoms with Gasteiger partial charge in [0.25, 0.3) is 0 Å². The van der Waals surface area contributed by atoms with E-state index in [9.17, 15) is 0 Å². The predicted molar refractivity (Wildman–Crippen MR) is 86.9 cm³/mol. The minimum absolute atomic E-state index is 0.279. The first-order valence-corrected chi connectivity index (χ1v) is 8.47. The van der Waals surface area contributed by atoms with Crippen LogP contribution in [0.2, 0.25) is 0 Å². The minimum atomic E-state index is 0.279. The van der Waals surface area contributed by atoms with Gasteiger partial charge in [-0.15, -0.1) is 0 Å². The standard InChI is InChI=1S/C17H35N3/c1-14-10-15(2)12-17(11-14,13-18)20-8-6-19(7-9-20)16(3,4)5/h14-15H,6-13,18H2,1-5H3. The van der Waals surface area contributed by atoms with Gasteiger partial charge in [-0.25, -0.2) is 0 Å². The molecule has 2 N–H and O–H groups in total. The molecule has 1 saturated carbocycles. The molecule has 0 aromatic heterocycles. The first kappa shape index (κ1) is 16.3. The fourth-order valence-corrected chi connectivity index (χ4v) is 4.64. The Kier molecular flexibility index (Phi) is 4.83. The van der Waals surface area contributed by atoms with Crippen molar-refractivity contribution < 1.29 is 0 Å². The molecule has 2 aliphatic rings. The maximum absolute atomic E-state index is 6.26. The first-order chi connectivity index (χ1) is 9.27. The summed E-state index contributed by atoms with van der Waals surface area (Å²) in [6.45, 7) is 17.4.